The fourth-order valence-electron chi connectivity index (χ4n) is 13.2. The smallest absolute Gasteiger partial charge is 0.361 e. The highest BCUT2D eigenvalue weighted by Crippen LogP contribution is 2.38. The average Bonchev–Trinajstić information content (AvgIpc) is 1.62. The van der Waals surface area contributed by atoms with Crippen LogP contribution in [0.3, 0.4) is 0 Å². The summed E-state index contributed by atoms with van der Waals surface area (Å²) >= 11 is 2.99. The van der Waals surface area contributed by atoms with Gasteiger partial charge in [-0.1, -0.05) is 121 Å². The van der Waals surface area contributed by atoms with Crippen LogP contribution in [0.5, 0.6) is 11.8 Å². The highest BCUT2D eigenvalue weighted by molar-refractivity contribution is 7.15. The van der Waals surface area contributed by atoms with Crippen LogP contribution in [0, 0.1) is 77.1 Å². The normalized spacial score (nSPS) is 12.7. The topological polar surface area (TPSA) is 247 Å². The third-order valence-corrected chi connectivity index (χ3v) is 20.8. The van der Waals surface area contributed by atoms with Gasteiger partial charge in [-0.2, -0.15) is 19.7 Å². The van der Waals surface area contributed by atoms with Crippen LogP contribution in [0.4, 0.5) is 0 Å². The van der Waals surface area contributed by atoms with Crippen LogP contribution < -0.4 is 9.78 Å². The number of imidazole rings is 4. The second kappa shape index (κ2) is 33.7. The molecule has 0 N–H and O–H groups in total. The van der Waals surface area contributed by atoms with Crippen LogP contribution in [-0.2, 0) is 64.4 Å². The van der Waals surface area contributed by atoms with Crippen molar-refractivity contribution < 1.29 is 57.6 Å². The molecule has 12 aromatic rings. The first-order valence-electron chi connectivity index (χ1n) is 35.3. The largest absolute Gasteiger partial charge is 0.434 e. The van der Waals surface area contributed by atoms with Crippen LogP contribution in [0.1, 0.15) is 130 Å². The number of terminal acetylenes is 4. The molecule has 0 atom stereocenters. The van der Waals surface area contributed by atoms with Gasteiger partial charge in [0, 0.05) is 44.5 Å². The summed E-state index contributed by atoms with van der Waals surface area (Å²) in [6.45, 7) is 8.66. The number of thiophene rings is 2. The molecule has 0 saturated heterocycles. The summed E-state index contributed by atoms with van der Waals surface area (Å²) < 4.78 is 40.1. The Hall–Kier alpha value is -13.2. The quantitative estimate of drug-likeness (QED) is 0.0136. The molecule has 0 bridgehead atoms. The van der Waals surface area contributed by atoms with Gasteiger partial charge in [-0.25, -0.2) is 19.6 Å². The van der Waals surface area contributed by atoms with Crippen LogP contribution in [0.25, 0.3) is 22.7 Å². The van der Waals surface area contributed by atoms with Gasteiger partial charge in [0.25, 0.3) is 11.8 Å². The summed E-state index contributed by atoms with van der Waals surface area (Å²) in [4.78, 5) is 89.1. The second-order valence-electron chi connectivity index (χ2n) is 25.5. The van der Waals surface area contributed by atoms with Crippen molar-refractivity contribution in [3.8, 4) is 83.9 Å². The van der Waals surface area contributed by atoms with Gasteiger partial charge < -0.3 is 38.2 Å². The molecule has 26 heteroatoms. The monoisotopic (exact) mass is 1520 g/mol. The molecule has 556 valence electrons. The van der Waals surface area contributed by atoms with Crippen LogP contribution in [0.15, 0.2) is 191 Å². The zero-order valence-electron chi connectivity index (χ0n) is 61.0. The van der Waals surface area contributed by atoms with Crippen molar-refractivity contribution >= 4 is 57.5 Å². The molecule has 0 fully saturated rings. The minimum atomic E-state index is -0.648. The summed E-state index contributed by atoms with van der Waals surface area (Å²) in [5, 5.41) is 0. The molecule has 0 unspecified atom stereocenters. The van der Waals surface area contributed by atoms with Gasteiger partial charge >= 0.3 is 11.9 Å². The number of aliphatic imine (C=N–C) groups is 4. The summed E-state index contributed by atoms with van der Waals surface area (Å²) in [6, 6.07) is 47.6. The van der Waals surface area contributed by atoms with Gasteiger partial charge in [0.05, 0.1) is 116 Å². The fourth-order valence-corrected chi connectivity index (χ4v) is 15.2. The Morgan fingerprint density at radius 3 is 1.14 bits per heavy atom. The Morgan fingerprint density at radius 1 is 0.384 bits per heavy atom. The highest BCUT2D eigenvalue weighted by Gasteiger charge is 2.32. The standard InChI is InChI=1S/C45H36N6O6.C41H32N6O6S2/c1-5-31-15-17-37-35(21-31)41(33-13-9-7-11-29(33)3)46-23-39-43(48-25-50(37)39)45(52)55-28-54-27-53-19-20-56-57-44-40-24-47-42(34-14-10-8-12-30(34)4)36-22-32(6-2)16-18-38(36)51(40)26-49-44;1-5-27-17-31-38(54-27)35(29-13-9-7-11-25(29)3)42-19-33-37(44-21-46(31)33)41(48)51-24-50-23-49-15-16-52-53-40-34-20-43-36(30-14-10-8-12-26(30)4)39-32(47(34)22-45-40)18-28(6-2)55-39/h1-2,7-18,21-22,25-26H,19-20,23-24,27-28H2,3-4H3;1-2,7-14,17-18,21-22H,15-16,19-20,23-24H2,3-4H3. The lowest BCUT2D eigenvalue weighted by molar-refractivity contribution is -0.225. The number of aromatic nitrogens is 8. The number of hydrogen-bond acceptors (Lipinski definition) is 22. The first kappa shape index (κ1) is 74.3. The third kappa shape index (κ3) is 15.3. The van der Waals surface area contributed by atoms with Crippen molar-refractivity contribution in [3.63, 3.8) is 0 Å². The van der Waals surface area contributed by atoms with E-state index in [2.05, 4.69) is 75.7 Å². The molecular weight excluding hydrogens is 1460 g/mol. The van der Waals surface area contributed by atoms with Crippen molar-refractivity contribution in [3.05, 3.63) is 291 Å². The van der Waals surface area contributed by atoms with Crippen molar-refractivity contribution in [1.29, 1.82) is 0 Å². The molecule has 0 aliphatic carbocycles. The third-order valence-electron chi connectivity index (χ3n) is 18.7. The maximum absolute atomic E-state index is 13.2. The number of fused-ring (bicyclic) bond motifs is 12. The summed E-state index contributed by atoms with van der Waals surface area (Å²) in [5.74, 6) is 10.2. The lowest BCUT2D eigenvalue weighted by atomic mass is 9.95. The SMILES string of the molecule is C#Cc1cc2c(s1)C(c1ccccc1C)=NCc1c(OOCCOCOCOC(=O)c3ncn4c3CN=C(c3ccccc3C)c3sc(C#C)cc3-4)ncn1-2.C#Cc1ccc2c(c1)C(c1ccccc1C)=NCc1c(OOCCOCOCOC(=O)c3ncn4c3CN=C(c3ccccc3C)c3cc(C#C)ccc3-4)ncn1-2. The highest BCUT2D eigenvalue weighted by atomic mass is 32.1. The molecule has 6 aromatic heterocycles. The Balaban J connectivity index is 0.000000177. The molecule has 16 rings (SSSR count). The maximum atomic E-state index is 13.2. The summed E-state index contributed by atoms with van der Waals surface area (Å²) in [7, 11) is 0. The molecule has 24 nitrogen and oxygen atoms in total. The molecule has 6 aromatic carbocycles. The van der Waals surface area contributed by atoms with Crippen molar-refractivity contribution in [2.45, 2.75) is 53.9 Å². The molecular formula is C86H68N12O12S2. The molecule has 0 radical (unpaired) electrons. The Kier molecular flexibility index (Phi) is 22.4. The minimum absolute atomic E-state index is 0.0748. The van der Waals surface area contributed by atoms with Gasteiger partial charge in [-0.15, -0.1) is 48.4 Å². The Labute approximate surface area is 652 Å². The number of ether oxygens (including phenoxy) is 6. The molecule has 4 aliphatic rings. The van der Waals surface area contributed by atoms with Crippen molar-refractivity contribution in [1.82, 2.24) is 38.2 Å². The van der Waals surface area contributed by atoms with Crippen molar-refractivity contribution in [2.75, 3.05) is 53.6 Å². The number of aryl methyl sites for hydroxylation is 4. The molecule has 0 spiro atoms. The van der Waals surface area contributed by atoms with E-state index in [1.54, 1.807) is 25.3 Å². The zero-order chi connectivity index (χ0) is 77.2. The van der Waals surface area contributed by atoms with E-state index in [1.165, 1.54) is 22.7 Å². The fraction of sp³-hybridized carbons (Fsp3) is 0.186. The van der Waals surface area contributed by atoms with Crippen LogP contribution in [-0.4, -0.2) is 127 Å². The van der Waals surface area contributed by atoms with Crippen LogP contribution in [0.2, 0.25) is 0 Å². The predicted octanol–water partition coefficient (Wildman–Crippen LogP) is 13.0. The summed E-state index contributed by atoms with van der Waals surface area (Å²) in [5.41, 5.74) is 21.2. The van der Waals surface area contributed by atoms with E-state index in [1.807, 2.05) is 160 Å². The van der Waals surface area contributed by atoms with E-state index in [-0.39, 0.29) is 84.0 Å². The number of nitrogens with zero attached hydrogens (tertiary/aromatic N) is 12. The Morgan fingerprint density at radius 2 is 0.741 bits per heavy atom. The number of benzene rings is 6. The number of carbonyl (C=O) groups excluding carboxylic acids is 2. The van der Waals surface area contributed by atoms with Gasteiger partial charge in [0.15, 0.2) is 38.6 Å². The predicted molar refractivity (Wildman–Crippen MR) is 421 cm³/mol. The van der Waals surface area contributed by atoms with Crippen molar-refractivity contribution in [2.24, 2.45) is 20.0 Å². The lowest BCUT2D eigenvalue weighted by Crippen LogP contribution is -2.14. The molecule has 112 heavy (non-hydrogen) atoms. The maximum Gasteiger partial charge on any atom is 0.361 e. The number of hydrogen-bond donors (Lipinski definition) is 0. The van der Waals surface area contributed by atoms with Gasteiger partial charge in [-0.05, 0) is 98.5 Å². The van der Waals surface area contributed by atoms with Crippen LogP contribution >= 0.6 is 22.7 Å². The first-order chi connectivity index (χ1) is 54.9. The van der Waals surface area contributed by atoms with Gasteiger partial charge in [0.2, 0.25) is 0 Å². The van der Waals surface area contributed by atoms with E-state index in [4.69, 9.17) is 93.6 Å². The number of rotatable bonds is 24. The van der Waals surface area contributed by atoms with E-state index in [0.29, 0.717) is 30.4 Å². The van der Waals surface area contributed by atoms with E-state index >= 15 is 0 Å². The van der Waals surface area contributed by atoms with E-state index in [0.717, 1.165) is 143 Å². The van der Waals surface area contributed by atoms with E-state index in [9.17, 15) is 9.59 Å². The molecule has 0 amide bonds. The number of esters is 2. The van der Waals surface area contributed by atoms with Gasteiger partial charge in [0.1, 0.15) is 49.9 Å². The van der Waals surface area contributed by atoms with Gasteiger partial charge in [-0.3, -0.25) is 38.2 Å². The molecule has 4 aliphatic heterocycles. The molecule has 0 saturated carbocycles. The minimum Gasteiger partial charge on any atom is -0.434 e. The summed E-state index contributed by atoms with van der Waals surface area (Å²) in [6.07, 6.45) is 29.6. The number of carbonyl (C=O) groups is 2. The average molecular weight is 1530 g/mol. The molecule has 10 heterocycles. The first-order valence-corrected chi connectivity index (χ1v) is 36.9. The second-order valence-corrected chi connectivity index (χ2v) is 27.6. The van der Waals surface area contributed by atoms with E-state index < -0.39 is 11.9 Å². The lowest BCUT2D eigenvalue weighted by Gasteiger charge is -2.13. The Bertz CT molecular complexity index is 5960. The zero-order valence-corrected chi connectivity index (χ0v) is 62.7.